The van der Waals surface area contributed by atoms with E-state index in [0.717, 1.165) is 0 Å². The predicted molar refractivity (Wildman–Crippen MR) is 77.0 cm³/mol. The molecular weight excluding hydrogens is 262 g/mol. The molecule has 112 valence electrons. The van der Waals surface area contributed by atoms with Crippen LogP contribution in [0.5, 0.6) is 5.75 Å². The number of anilines is 1. The molecule has 4 N–H and O–H groups in total. The van der Waals surface area contributed by atoms with Gasteiger partial charge in [-0.05, 0) is 20.8 Å². The summed E-state index contributed by atoms with van der Waals surface area (Å²) in [6.07, 6.45) is -0.739. The minimum absolute atomic E-state index is 0.0590. The molecule has 0 radical (unpaired) electrons. The van der Waals surface area contributed by atoms with Gasteiger partial charge < -0.3 is 20.9 Å². The van der Waals surface area contributed by atoms with Gasteiger partial charge in [0.15, 0.2) is 0 Å². The molecule has 0 saturated carbocycles. The number of nitrogens with one attached hydrogen (secondary N) is 1. The first-order chi connectivity index (χ1) is 9.29. The molecule has 0 aromatic heterocycles. The van der Waals surface area contributed by atoms with E-state index in [1.807, 2.05) is 13.8 Å². The highest BCUT2D eigenvalue weighted by molar-refractivity contribution is 5.56. The van der Waals surface area contributed by atoms with Crippen molar-refractivity contribution in [2.45, 2.75) is 39.0 Å². The molecule has 0 aliphatic heterocycles. The fraction of sp³-hybridized carbons (Fsp3) is 0.538. The van der Waals surface area contributed by atoms with E-state index in [2.05, 4.69) is 5.32 Å². The molecule has 7 heteroatoms. The average molecular weight is 283 g/mol. The Morgan fingerprint density at radius 3 is 2.55 bits per heavy atom. The number of hydrogen-bond acceptors (Lipinski definition) is 6. The molecule has 0 amide bonds. The molecule has 0 bridgehead atoms. The molecule has 2 unspecified atom stereocenters. The zero-order chi connectivity index (χ0) is 15.3. The summed E-state index contributed by atoms with van der Waals surface area (Å²) in [6, 6.07) is 3.99. The summed E-state index contributed by atoms with van der Waals surface area (Å²) >= 11 is 0. The lowest BCUT2D eigenvalue weighted by Gasteiger charge is -2.17. The number of non-ortho nitro benzene ring substituents is 1. The van der Waals surface area contributed by atoms with Gasteiger partial charge in [0.25, 0.3) is 5.69 Å². The lowest BCUT2D eigenvalue weighted by atomic mass is 10.2. The fourth-order valence-electron chi connectivity index (χ4n) is 1.54. The molecule has 0 spiro atoms. The van der Waals surface area contributed by atoms with Crippen LogP contribution in [0.1, 0.15) is 20.8 Å². The molecule has 0 fully saturated rings. The molecule has 7 nitrogen and oxygen atoms in total. The van der Waals surface area contributed by atoms with E-state index < -0.39 is 17.1 Å². The number of nitro groups is 1. The molecular formula is C13H21N3O4. The minimum Gasteiger partial charge on any atom is -0.491 e. The van der Waals surface area contributed by atoms with Crippen molar-refractivity contribution in [3.63, 3.8) is 0 Å². The lowest BCUT2D eigenvalue weighted by molar-refractivity contribution is -0.384. The van der Waals surface area contributed by atoms with E-state index in [1.54, 1.807) is 13.0 Å². The van der Waals surface area contributed by atoms with Gasteiger partial charge in [0, 0.05) is 30.4 Å². The Morgan fingerprint density at radius 2 is 2.05 bits per heavy atom. The Hall–Kier alpha value is -1.86. The van der Waals surface area contributed by atoms with Crippen molar-refractivity contribution < 1.29 is 14.8 Å². The number of nitrogens with zero attached hydrogens (tertiary/aromatic N) is 1. The second-order valence-electron chi connectivity index (χ2n) is 4.92. The quantitative estimate of drug-likeness (QED) is 0.516. The smallest absolute Gasteiger partial charge is 0.275 e. The van der Waals surface area contributed by atoms with Crippen LogP contribution >= 0.6 is 0 Å². The third-order valence-corrected chi connectivity index (χ3v) is 2.64. The van der Waals surface area contributed by atoms with Crippen molar-refractivity contribution in [3.05, 3.63) is 28.3 Å². The van der Waals surface area contributed by atoms with Crippen molar-refractivity contribution in [3.8, 4) is 5.75 Å². The number of hydrogen-bond donors (Lipinski definition) is 3. The van der Waals surface area contributed by atoms with Gasteiger partial charge in [0.1, 0.15) is 5.75 Å². The minimum atomic E-state index is -0.660. The van der Waals surface area contributed by atoms with E-state index in [9.17, 15) is 15.2 Å². The first-order valence-corrected chi connectivity index (χ1v) is 6.43. The number of aliphatic hydroxyl groups excluding tert-OH is 1. The summed E-state index contributed by atoms with van der Waals surface area (Å²) < 4.78 is 5.47. The largest absolute Gasteiger partial charge is 0.491 e. The number of ether oxygens (including phenoxy) is 1. The summed E-state index contributed by atoms with van der Waals surface area (Å²) in [5, 5.41) is 23.2. The maximum absolute atomic E-state index is 10.9. The third-order valence-electron chi connectivity index (χ3n) is 2.64. The predicted octanol–water partition coefficient (Wildman–Crippen LogP) is 1.50. The zero-order valence-corrected chi connectivity index (χ0v) is 11.9. The first kappa shape index (κ1) is 16.2. The normalized spacial score (nSPS) is 13.9. The number of benzene rings is 1. The molecule has 1 aromatic rings. The van der Waals surface area contributed by atoms with Crippen LogP contribution < -0.4 is 15.8 Å². The molecule has 0 aliphatic rings. The van der Waals surface area contributed by atoms with Gasteiger partial charge in [-0.25, -0.2) is 0 Å². The summed E-state index contributed by atoms with van der Waals surface area (Å²) in [6.45, 7) is 5.58. The van der Waals surface area contributed by atoms with Crippen molar-refractivity contribution in [2.75, 3.05) is 11.9 Å². The number of aliphatic hydroxyl groups is 1. The summed E-state index contributed by atoms with van der Waals surface area (Å²) in [5.74, 6) is 0.419. The topological polar surface area (TPSA) is 111 Å². The Kier molecular flexibility index (Phi) is 5.72. The van der Waals surface area contributed by atoms with Crippen LogP contribution in [0.3, 0.4) is 0 Å². The van der Waals surface area contributed by atoms with E-state index in [0.29, 0.717) is 18.0 Å². The average Bonchev–Trinajstić information content (AvgIpc) is 2.34. The van der Waals surface area contributed by atoms with E-state index in [4.69, 9.17) is 10.5 Å². The molecule has 2 atom stereocenters. The Morgan fingerprint density at radius 1 is 1.40 bits per heavy atom. The fourth-order valence-corrected chi connectivity index (χ4v) is 1.54. The van der Waals surface area contributed by atoms with Crippen molar-refractivity contribution in [1.29, 1.82) is 0 Å². The highest BCUT2D eigenvalue weighted by Crippen LogP contribution is 2.26. The summed E-state index contributed by atoms with van der Waals surface area (Å²) in [7, 11) is 0. The van der Waals surface area contributed by atoms with Crippen molar-refractivity contribution in [1.82, 2.24) is 0 Å². The standard InChI is InChI=1S/C13H21N3O4/c1-8(2)20-12-5-10(4-11(6-12)16(18)19)15-7-13(14)9(3)17/h4-6,8-9,13,15,17H,7,14H2,1-3H3. The van der Waals surface area contributed by atoms with Crippen LogP contribution in [0.25, 0.3) is 0 Å². The van der Waals surface area contributed by atoms with E-state index in [1.165, 1.54) is 12.1 Å². The molecule has 20 heavy (non-hydrogen) atoms. The van der Waals surface area contributed by atoms with Gasteiger partial charge >= 0.3 is 0 Å². The van der Waals surface area contributed by atoms with Crippen molar-refractivity contribution >= 4 is 11.4 Å². The molecule has 0 aliphatic carbocycles. The Labute approximate surface area is 117 Å². The van der Waals surface area contributed by atoms with Crippen LogP contribution in [-0.4, -0.2) is 34.8 Å². The number of nitrogens with two attached hydrogens (primary N) is 1. The van der Waals surface area contributed by atoms with E-state index in [-0.39, 0.29) is 11.8 Å². The molecule has 1 aromatic carbocycles. The second-order valence-corrected chi connectivity index (χ2v) is 4.92. The van der Waals surface area contributed by atoms with Gasteiger partial charge in [-0.15, -0.1) is 0 Å². The summed E-state index contributed by atoms with van der Waals surface area (Å²) in [5.41, 5.74) is 6.18. The van der Waals surface area contributed by atoms with Gasteiger partial charge in [-0.1, -0.05) is 0 Å². The van der Waals surface area contributed by atoms with Crippen molar-refractivity contribution in [2.24, 2.45) is 5.73 Å². The third kappa shape index (κ3) is 5.02. The van der Waals surface area contributed by atoms with Gasteiger partial charge in [-0.3, -0.25) is 10.1 Å². The summed E-state index contributed by atoms with van der Waals surface area (Å²) in [4.78, 5) is 10.4. The number of nitro benzene ring substituents is 1. The van der Waals surface area contributed by atoms with Crippen LogP contribution in [0.4, 0.5) is 11.4 Å². The van der Waals surface area contributed by atoms with E-state index >= 15 is 0 Å². The zero-order valence-electron chi connectivity index (χ0n) is 11.9. The second kappa shape index (κ2) is 7.06. The van der Waals surface area contributed by atoms with Crippen LogP contribution in [0.15, 0.2) is 18.2 Å². The first-order valence-electron chi connectivity index (χ1n) is 6.43. The van der Waals surface area contributed by atoms with Crippen LogP contribution in [0.2, 0.25) is 0 Å². The molecule has 1 rings (SSSR count). The maximum Gasteiger partial charge on any atom is 0.275 e. The monoisotopic (exact) mass is 283 g/mol. The molecule has 0 heterocycles. The van der Waals surface area contributed by atoms with Gasteiger partial charge in [0.05, 0.1) is 23.2 Å². The SMILES string of the molecule is CC(C)Oc1cc(NCC(N)C(C)O)cc([N+](=O)[O-])c1. The lowest BCUT2D eigenvalue weighted by Crippen LogP contribution is -2.38. The highest BCUT2D eigenvalue weighted by Gasteiger charge is 2.13. The Balaban J connectivity index is 2.88. The highest BCUT2D eigenvalue weighted by atomic mass is 16.6. The van der Waals surface area contributed by atoms with Crippen LogP contribution in [-0.2, 0) is 0 Å². The molecule has 0 saturated heterocycles. The van der Waals surface area contributed by atoms with Gasteiger partial charge in [0.2, 0.25) is 0 Å². The Bertz CT molecular complexity index is 463. The maximum atomic E-state index is 10.9. The van der Waals surface area contributed by atoms with Gasteiger partial charge in [-0.2, -0.15) is 0 Å². The van der Waals surface area contributed by atoms with Crippen LogP contribution in [0, 0.1) is 10.1 Å². The number of rotatable bonds is 7.